The molecule has 12 nitrogen and oxygen atoms in total. The second-order valence-electron chi connectivity index (χ2n) is 15.0. The Morgan fingerprint density at radius 3 is 1.98 bits per heavy atom. The van der Waals surface area contributed by atoms with Crippen LogP contribution in [0.3, 0.4) is 0 Å². The van der Waals surface area contributed by atoms with Gasteiger partial charge in [-0.1, -0.05) is 97.1 Å². The van der Waals surface area contributed by atoms with Crippen molar-refractivity contribution in [1.82, 2.24) is 20.9 Å². The number of carbonyl (C=O) groups is 6. The summed E-state index contributed by atoms with van der Waals surface area (Å²) in [5, 5.41) is 17.6. The quantitative estimate of drug-likeness (QED) is 0.141. The van der Waals surface area contributed by atoms with Crippen molar-refractivity contribution in [1.29, 1.82) is 0 Å². The van der Waals surface area contributed by atoms with E-state index in [2.05, 4.69) is 20.9 Å². The summed E-state index contributed by atoms with van der Waals surface area (Å²) in [6.07, 6.45) is 3.70. The highest BCUT2D eigenvalue weighted by atomic mass is 16.5. The first-order chi connectivity index (χ1) is 29.1. The van der Waals surface area contributed by atoms with Gasteiger partial charge >= 0.3 is 5.97 Å². The Morgan fingerprint density at radius 1 is 0.667 bits per heavy atom. The van der Waals surface area contributed by atoms with Gasteiger partial charge in [-0.25, -0.2) is 0 Å². The van der Waals surface area contributed by atoms with Gasteiger partial charge in [-0.05, 0) is 83.3 Å². The number of aliphatic carboxylic acids is 1. The molecule has 5 aromatic rings. The zero-order chi connectivity index (χ0) is 42.3. The maximum atomic E-state index is 14.5. The fourth-order valence-corrected chi connectivity index (χ4v) is 7.25. The number of rotatable bonds is 11. The molecule has 4 N–H and O–H groups in total. The average Bonchev–Trinajstić information content (AvgIpc) is 3.26. The number of fused-ring (bicyclic) bond motifs is 16. The van der Waals surface area contributed by atoms with Gasteiger partial charge in [0.1, 0.15) is 24.9 Å². The molecule has 0 saturated carbocycles. The van der Waals surface area contributed by atoms with Crippen LogP contribution in [0, 0.1) is 11.8 Å². The lowest BCUT2D eigenvalue weighted by Gasteiger charge is -2.26. The number of hydrogen-bond donors (Lipinski definition) is 4. The molecule has 4 aromatic carbocycles. The number of carboxylic acids is 1. The third-order valence-corrected chi connectivity index (χ3v) is 10.5. The van der Waals surface area contributed by atoms with Gasteiger partial charge in [-0.15, -0.1) is 0 Å². The molecule has 2 aliphatic heterocycles. The van der Waals surface area contributed by atoms with Crippen LogP contribution in [0.5, 0.6) is 5.75 Å². The van der Waals surface area contributed by atoms with Crippen LogP contribution >= 0.6 is 0 Å². The highest BCUT2D eigenvalue weighted by Crippen LogP contribution is 2.23. The number of carboxylic acid groups (broad SMARTS) is 1. The molecule has 0 unspecified atom stereocenters. The molecule has 1 aromatic heterocycles. The number of hydrogen-bond acceptors (Lipinski definition) is 8. The van der Waals surface area contributed by atoms with Crippen molar-refractivity contribution in [3.05, 3.63) is 156 Å². The molecule has 7 rings (SSSR count). The SMILES string of the molecule is O=C(O)CNC(=O)[C@H]1CC(=O)[C@H](CCc2ccccc2)NC(=O)[C@@H](Cc2ccc(-c3ccccc3)cc2)NC(=O)[C@H](Cc2ccncc2)CC(=O)COc2ccc(cc2)C1. The van der Waals surface area contributed by atoms with E-state index in [9.17, 15) is 33.9 Å². The summed E-state index contributed by atoms with van der Waals surface area (Å²) in [6.45, 7) is -0.941. The Morgan fingerprint density at radius 2 is 1.30 bits per heavy atom. The Balaban J connectivity index is 1.35. The maximum Gasteiger partial charge on any atom is 0.322 e. The van der Waals surface area contributed by atoms with E-state index in [4.69, 9.17) is 4.74 Å². The van der Waals surface area contributed by atoms with E-state index in [-0.39, 0.29) is 50.9 Å². The standard InChI is InChI=1S/C48H48N4O8/c53-40-28-38(26-35-21-23-49-24-22-35)47(58)52-43(27-34-11-16-37(17-12-34)36-9-5-2-6-10-36)48(59)51-42(20-15-32-7-3-1-4-8-32)44(54)29-39(46(57)50-30-45(55)56)25-33-13-18-41(19-14-33)60-31-40/h1-14,16-19,21-24,38-39,42-43H,15,20,25-31H2,(H,50,57)(H,51,59)(H,52,58)(H,55,56)/t38-,39-,42+,43-/m1/s1. The van der Waals surface area contributed by atoms with E-state index in [1.54, 1.807) is 48.8 Å². The summed E-state index contributed by atoms with van der Waals surface area (Å²) in [5.74, 6) is -5.21. The number of nitrogens with one attached hydrogen (secondary N) is 3. The Kier molecular flexibility index (Phi) is 15.0. The van der Waals surface area contributed by atoms with Gasteiger partial charge < -0.3 is 25.8 Å². The molecule has 308 valence electrons. The predicted octanol–water partition coefficient (Wildman–Crippen LogP) is 5.12. The summed E-state index contributed by atoms with van der Waals surface area (Å²) in [7, 11) is 0. The third-order valence-electron chi connectivity index (χ3n) is 10.5. The van der Waals surface area contributed by atoms with Gasteiger partial charge in [0.05, 0.1) is 6.04 Å². The number of Topliss-reactive ketones (excluding diaryl/α,β-unsaturated/α-hetero) is 2. The highest BCUT2D eigenvalue weighted by Gasteiger charge is 2.33. The minimum atomic E-state index is -1.24. The first-order valence-electron chi connectivity index (χ1n) is 20.0. The number of amides is 3. The molecule has 0 aliphatic carbocycles. The minimum Gasteiger partial charge on any atom is -0.486 e. The van der Waals surface area contributed by atoms with Crippen LogP contribution < -0.4 is 20.7 Å². The molecule has 2 bridgehead atoms. The fraction of sp³-hybridized carbons (Fsp3) is 0.271. The van der Waals surface area contributed by atoms with E-state index < -0.39 is 59.9 Å². The summed E-state index contributed by atoms with van der Waals surface area (Å²) >= 11 is 0. The molecular weight excluding hydrogens is 761 g/mol. The molecule has 4 atom stereocenters. The van der Waals surface area contributed by atoms with Crippen molar-refractivity contribution >= 4 is 35.3 Å². The highest BCUT2D eigenvalue weighted by molar-refractivity contribution is 5.96. The summed E-state index contributed by atoms with van der Waals surface area (Å²) < 4.78 is 5.81. The Labute approximate surface area is 348 Å². The van der Waals surface area contributed by atoms with Gasteiger partial charge in [-0.2, -0.15) is 0 Å². The summed E-state index contributed by atoms with van der Waals surface area (Å²) in [6, 6.07) is 34.9. The van der Waals surface area contributed by atoms with Crippen molar-refractivity contribution in [3.8, 4) is 16.9 Å². The van der Waals surface area contributed by atoms with Gasteiger partial charge in [0, 0.05) is 43.5 Å². The van der Waals surface area contributed by atoms with Crippen LogP contribution in [-0.2, 0) is 54.5 Å². The van der Waals surface area contributed by atoms with Gasteiger partial charge in [0.2, 0.25) is 17.7 Å². The van der Waals surface area contributed by atoms with Crippen LogP contribution in [0.4, 0.5) is 0 Å². The Hall–Kier alpha value is -6.95. The predicted molar refractivity (Wildman–Crippen MR) is 225 cm³/mol. The second-order valence-corrected chi connectivity index (χ2v) is 15.0. The first kappa shape index (κ1) is 42.7. The van der Waals surface area contributed by atoms with Gasteiger partial charge in [0.25, 0.3) is 0 Å². The van der Waals surface area contributed by atoms with Gasteiger partial charge in [0.15, 0.2) is 11.6 Å². The fourth-order valence-electron chi connectivity index (χ4n) is 7.25. The molecular formula is C48H48N4O8. The van der Waals surface area contributed by atoms with Crippen LogP contribution in [0.15, 0.2) is 134 Å². The largest absolute Gasteiger partial charge is 0.486 e. The monoisotopic (exact) mass is 808 g/mol. The topological polar surface area (TPSA) is 181 Å². The molecule has 3 amide bonds. The number of ketones is 2. The maximum absolute atomic E-state index is 14.5. The Bertz CT molecular complexity index is 2230. The van der Waals surface area contributed by atoms with Crippen molar-refractivity contribution < 1.29 is 38.6 Å². The summed E-state index contributed by atoms with van der Waals surface area (Å²) in [4.78, 5) is 85.5. The number of aryl methyl sites for hydroxylation is 1. The van der Waals surface area contributed by atoms with Crippen LogP contribution in [-0.4, -0.2) is 70.6 Å². The summed E-state index contributed by atoms with van der Waals surface area (Å²) in [5.41, 5.74) is 5.11. The molecule has 0 fully saturated rings. The number of carbonyl (C=O) groups excluding carboxylic acids is 5. The van der Waals surface area contributed by atoms with Crippen molar-refractivity contribution in [2.75, 3.05) is 13.2 Å². The lowest BCUT2D eigenvalue weighted by molar-refractivity contribution is -0.139. The van der Waals surface area contributed by atoms with E-state index in [0.717, 1.165) is 27.8 Å². The molecule has 0 saturated heterocycles. The third kappa shape index (κ3) is 12.8. The van der Waals surface area contributed by atoms with Crippen LogP contribution in [0.2, 0.25) is 0 Å². The van der Waals surface area contributed by atoms with Crippen LogP contribution in [0.25, 0.3) is 11.1 Å². The molecule has 12 heteroatoms. The lowest BCUT2D eigenvalue weighted by Crippen LogP contribution is -2.54. The van der Waals surface area contributed by atoms with Crippen molar-refractivity contribution in [2.24, 2.45) is 11.8 Å². The number of aromatic nitrogens is 1. The molecule has 60 heavy (non-hydrogen) atoms. The molecule has 0 spiro atoms. The number of pyridine rings is 1. The number of benzene rings is 4. The van der Waals surface area contributed by atoms with Gasteiger partial charge in [-0.3, -0.25) is 33.8 Å². The van der Waals surface area contributed by atoms with E-state index in [1.807, 2.05) is 84.9 Å². The smallest absolute Gasteiger partial charge is 0.322 e. The van der Waals surface area contributed by atoms with E-state index in [1.165, 1.54) is 0 Å². The average molecular weight is 809 g/mol. The zero-order valence-electron chi connectivity index (χ0n) is 33.1. The molecule has 0 radical (unpaired) electrons. The minimum absolute atomic E-state index is 0.0689. The first-order valence-corrected chi connectivity index (χ1v) is 20.0. The molecule has 3 heterocycles. The zero-order valence-corrected chi connectivity index (χ0v) is 33.1. The number of ether oxygens (including phenoxy) is 1. The normalized spacial score (nSPS) is 19.1. The van der Waals surface area contributed by atoms with Crippen molar-refractivity contribution in [3.63, 3.8) is 0 Å². The van der Waals surface area contributed by atoms with E-state index >= 15 is 0 Å². The van der Waals surface area contributed by atoms with Crippen molar-refractivity contribution in [2.45, 2.75) is 57.0 Å². The number of nitrogens with zero attached hydrogens (tertiary/aromatic N) is 1. The van der Waals surface area contributed by atoms with Crippen LogP contribution in [0.1, 0.15) is 41.5 Å². The molecule has 2 aliphatic rings. The second kappa shape index (κ2) is 21.2. The lowest BCUT2D eigenvalue weighted by atomic mass is 9.89. The van der Waals surface area contributed by atoms with E-state index in [0.29, 0.717) is 17.7 Å².